The summed E-state index contributed by atoms with van der Waals surface area (Å²) in [6, 6.07) is 1.64. The zero-order valence-electron chi connectivity index (χ0n) is 7.86. The van der Waals surface area contributed by atoms with Crippen molar-refractivity contribution in [2.24, 2.45) is 5.73 Å². The molecule has 0 fully saturated rings. The molecule has 0 aliphatic heterocycles. The van der Waals surface area contributed by atoms with Crippen molar-refractivity contribution >= 4 is 17.3 Å². The van der Waals surface area contributed by atoms with Crippen LogP contribution in [0.25, 0.3) is 0 Å². The second-order valence-corrected chi connectivity index (χ2v) is 2.76. The Labute approximate surface area is 89.2 Å². The number of hydrogen-bond acceptors (Lipinski definition) is 4. The van der Waals surface area contributed by atoms with E-state index in [9.17, 15) is 19.3 Å². The summed E-state index contributed by atoms with van der Waals surface area (Å²) in [5, 5.41) is 10.4. The number of nitro groups is 1. The van der Waals surface area contributed by atoms with E-state index in [1.807, 2.05) is 5.92 Å². The average Bonchev–Trinajstić information content (AvgIpc) is 2.19. The number of nitro benzene ring substituents is 1. The minimum Gasteiger partial charge on any atom is -0.395 e. The first-order chi connectivity index (χ1) is 7.41. The van der Waals surface area contributed by atoms with Crippen molar-refractivity contribution in [3.8, 4) is 11.8 Å². The molecule has 0 atom stereocenters. The summed E-state index contributed by atoms with van der Waals surface area (Å²) in [5.41, 5.74) is 9.02. The number of halogens is 1. The summed E-state index contributed by atoms with van der Waals surface area (Å²) in [5.74, 6) is 2.16. The maximum absolute atomic E-state index is 13.1. The summed E-state index contributed by atoms with van der Waals surface area (Å²) in [7, 11) is 0. The maximum Gasteiger partial charge on any atom is 0.293 e. The highest BCUT2D eigenvalue weighted by Crippen LogP contribution is 2.22. The van der Waals surface area contributed by atoms with Gasteiger partial charge >= 0.3 is 0 Å². The third-order valence-corrected chi connectivity index (χ3v) is 1.65. The Morgan fingerprint density at radius 1 is 1.50 bits per heavy atom. The quantitative estimate of drug-likeness (QED) is 0.305. The summed E-state index contributed by atoms with van der Waals surface area (Å²) in [6.07, 6.45) is 0. The number of hydrogen-bond donors (Lipinski definition) is 2. The number of anilines is 1. The van der Waals surface area contributed by atoms with Gasteiger partial charge in [0.1, 0.15) is 0 Å². The third kappa shape index (κ3) is 2.45. The minimum atomic E-state index is -0.969. The molecule has 1 amide bonds. The van der Waals surface area contributed by atoms with Gasteiger partial charge in [-0.15, -0.1) is 0 Å². The molecule has 0 spiro atoms. The molecule has 0 bridgehead atoms. The van der Waals surface area contributed by atoms with E-state index in [2.05, 4.69) is 5.92 Å². The summed E-state index contributed by atoms with van der Waals surface area (Å²) in [6.45, 7) is 0. The van der Waals surface area contributed by atoms with Crippen LogP contribution in [-0.2, 0) is 4.79 Å². The first-order valence-corrected chi connectivity index (χ1v) is 3.96. The topological polar surface area (TPSA) is 112 Å². The molecule has 0 radical (unpaired) electrons. The van der Waals surface area contributed by atoms with Gasteiger partial charge in [0, 0.05) is 12.0 Å². The molecule has 7 heteroatoms. The van der Waals surface area contributed by atoms with E-state index in [4.69, 9.17) is 11.5 Å². The summed E-state index contributed by atoms with van der Waals surface area (Å²) < 4.78 is 13.1. The predicted octanol–water partition coefficient (Wildman–Crippen LogP) is 0.153. The molecular weight excluding hydrogens is 217 g/mol. The number of nitrogens with two attached hydrogens (primary N) is 2. The number of carbonyl (C=O) groups is 1. The van der Waals surface area contributed by atoms with E-state index >= 15 is 0 Å². The number of carbonyl (C=O) groups excluding carboxylic acids is 1. The van der Waals surface area contributed by atoms with Crippen molar-refractivity contribution in [1.82, 2.24) is 0 Å². The van der Waals surface area contributed by atoms with Crippen molar-refractivity contribution in [2.75, 3.05) is 5.73 Å². The van der Waals surface area contributed by atoms with Crippen LogP contribution in [0.4, 0.5) is 15.8 Å². The number of amides is 1. The van der Waals surface area contributed by atoms with Crippen LogP contribution >= 0.6 is 0 Å². The fourth-order valence-electron chi connectivity index (χ4n) is 0.941. The zero-order valence-corrected chi connectivity index (χ0v) is 7.86. The van der Waals surface area contributed by atoms with Crippen LogP contribution in [-0.4, -0.2) is 10.8 Å². The molecule has 0 unspecified atom stereocenters. The zero-order chi connectivity index (χ0) is 12.3. The summed E-state index contributed by atoms with van der Waals surface area (Å²) >= 11 is 0. The van der Waals surface area contributed by atoms with Crippen LogP contribution in [0.15, 0.2) is 12.1 Å². The van der Waals surface area contributed by atoms with Crippen molar-refractivity contribution < 1.29 is 14.1 Å². The van der Waals surface area contributed by atoms with E-state index in [1.165, 1.54) is 0 Å². The maximum atomic E-state index is 13.1. The van der Waals surface area contributed by atoms with Crippen molar-refractivity contribution in [1.29, 1.82) is 0 Å². The van der Waals surface area contributed by atoms with Gasteiger partial charge in [-0.3, -0.25) is 14.9 Å². The van der Waals surface area contributed by atoms with Gasteiger partial charge in [0.2, 0.25) is 0 Å². The molecule has 0 aliphatic rings. The number of primary amides is 1. The van der Waals surface area contributed by atoms with Gasteiger partial charge in [0.05, 0.1) is 22.2 Å². The van der Waals surface area contributed by atoms with Gasteiger partial charge < -0.3 is 11.5 Å². The first-order valence-electron chi connectivity index (χ1n) is 3.96. The molecule has 0 saturated heterocycles. The van der Waals surface area contributed by atoms with Gasteiger partial charge in [-0.05, 0) is 0 Å². The molecule has 16 heavy (non-hydrogen) atoms. The molecular formula is C9H6FN3O3. The second-order valence-electron chi connectivity index (χ2n) is 2.76. The number of non-ortho nitro benzene ring substituents is 1. The minimum absolute atomic E-state index is 0.148. The molecule has 82 valence electrons. The molecule has 0 aliphatic carbocycles. The van der Waals surface area contributed by atoms with E-state index < -0.39 is 22.3 Å². The highest BCUT2D eigenvalue weighted by Gasteiger charge is 2.13. The molecule has 0 aromatic heterocycles. The Kier molecular flexibility index (Phi) is 3.06. The molecule has 1 aromatic rings. The molecule has 4 N–H and O–H groups in total. The fourth-order valence-corrected chi connectivity index (χ4v) is 0.941. The fraction of sp³-hybridized carbons (Fsp3) is 0. The second kappa shape index (κ2) is 4.27. The van der Waals surface area contributed by atoms with Gasteiger partial charge in [-0.2, -0.15) is 0 Å². The smallest absolute Gasteiger partial charge is 0.293 e. The van der Waals surface area contributed by atoms with Crippen LogP contribution in [0.2, 0.25) is 0 Å². The molecule has 0 saturated carbocycles. The monoisotopic (exact) mass is 223 g/mol. The van der Waals surface area contributed by atoms with Gasteiger partial charge in [-0.25, -0.2) is 4.39 Å². The normalized spacial score (nSPS) is 9.06. The average molecular weight is 223 g/mol. The van der Waals surface area contributed by atoms with Crippen molar-refractivity contribution in [3.05, 3.63) is 33.6 Å². The van der Waals surface area contributed by atoms with Gasteiger partial charge in [-0.1, -0.05) is 5.92 Å². The Morgan fingerprint density at radius 3 is 2.62 bits per heavy atom. The van der Waals surface area contributed by atoms with Crippen molar-refractivity contribution in [3.63, 3.8) is 0 Å². The van der Waals surface area contributed by atoms with Crippen LogP contribution in [0, 0.1) is 27.8 Å². The summed E-state index contributed by atoms with van der Waals surface area (Å²) in [4.78, 5) is 20.0. The Hall–Kier alpha value is -2.62. The van der Waals surface area contributed by atoms with E-state index in [0.29, 0.717) is 6.07 Å². The lowest BCUT2D eigenvalue weighted by Gasteiger charge is -1.99. The lowest BCUT2D eigenvalue weighted by Crippen LogP contribution is -2.06. The SMILES string of the molecule is NC(=O)C#Cc1cc([N+](=O)[O-])cc(F)c1N. The Morgan fingerprint density at radius 2 is 2.12 bits per heavy atom. The highest BCUT2D eigenvalue weighted by molar-refractivity contribution is 5.92. The third-order valence-electron chi connectivity index (χ3n) is 1.65. The number of benzene rings is 1. The predicted molar refractivity (Wildman–Crippen MR) is 53.5 cm³/mol. The van der Waals surface area contributed by atoms with E-state index in [1.54, 1.807) is 0 Å². The molecule has 6 nitrogen and oxygen atoms in total. The van der Waals surface area contributed by atoms with Crippen LogP contribution < -0.4 is 11.5 Å². The lowest BCUT2D eigenvalue weighted by atomic mass is 10.1. The first kappa shape index (κ1) is 11.5. The van der Waals surface area contributed by atoms with E-state index in [-0.39, 0.29) is 11.3 Å². The van der Waals surface area contributed by atoms with Crippen LogP contribution in [0.3, 0.4) is 0 Å². The van der Waals surface area contributed by atoms with Gasteiger partial charge in [0.25, 0.3) is 11.6 Å². The molecule has 1 rings (SSSR count). The van der Waals surface area contributed by atoms with E-state index in [0.717, 1.165) is 6.07 Å². The number of nitrogens with zero attached hydrogens (tertiary/aromatic N) is 1. The highest BCUT2D eigenvalue weighted by atomic mass is 19.1. The standard InChI is InChI=1S/C9H6FN3O3/c10-7-4-6(13(15)16)3-5(9(7)12)1-2-8(11)14/h3-4H,12H2,(H2,11,14). The number of rotatable bonds is 1. The Balaban J connectivity index is 3.34. The van der Waals surface area contributed by atoms with Gasteiger partial charge in [0.15, 0.2) is 5.82 Å². The van der Waals surface area contributed by atoms with Crippen molar-refractivity contribution in [2.45, 2.75) is 0 Å². The largest absolute Gasteiger partial charge is 0.395 e. The van der Waals surface area contributed by atoms with Crippen LogP contribution in [0.5, 0.6) is 0 Å². The molecule has 0 heterocycles. The Bertz CT molecular complexity index is 531. The lowest BCUT2D eigenvalue weighted by molar-refractivity contribution is -0.385. The number of nitrogen functional groups attached to an aromatic ring is 1. The molecule has 1 aromatic carbocycles. The van der Waals surface area contributed by atoms with Crippen LogP contribution in [0.1, 0.15) is 5.56 Å².